The molecule has 156 valence electrons. The quantitative estimate of drug-likeness (QED) is 0.677. The minimum Gasteiger partial charge on any atom is -0.467 e. The number of benzene rings is 1. The molecule has 29 heavy (non-hydrogen) atoms. The first-order valence-electron chi connectivity index (χ1n) is 10.2. The van der Waals surface area contributed by atoms with Crippen LogP contribution in [0.3, 0.4) is 0 Å². The lowest BCUT2D eigenvalue weighted by molar-refractivity contribution is 0.0652. The van der Waals surface area contributed by atoms with E-state index in [9.17, 15) is 9.18 Å². The summed E-state index contributed by atoms with van der Waals surface area (Å²) in [6, 6.07) is 4.95. The van der Waals surface area contributed by atoms with Gasteiger partial charge in [0.1, 0.15) is 5.82 Å². The Morgan fingerprint density at radius 2 is 1.93 bits per heavy atom. The van der Waals surface area contributed by atoms with Crippen molar-refractivity contribution in [3.05, 3.63) is 42.0 Å². The summed E-state index contributed by atoms with van der Waals surface area (Å²) in [6.07, 6.45) is 6.39. The van der Waals surface area contributed by atoms with E-state index in [2.05, 4.69) is 14.9 Å². The molecule has 0 N–H and O–H groups in total. The Morgan fingerprint density at radius 3 is 2.52 bits per heavy atom. The highest BCUT2D eigenvalue weighted by molar-refractivity contribution is 5.95. The van der Waals surface area contributed by atoms with Crippen LogP contribution in [0.1, 0.15) is 43.5 Å². The Hall–Kier alpha value is -2.54. The van der Waals surface area contributed by atoms with Gasteiger partial charge in [-0.1, -0.05) is 13.0 Å². The maximum absolute atomic E-state index is 14.9. The predicted molar refractivity (Wildman–Crippen MR) is 110 cm³/mol. The predicted octanol–water partition coefficient (Wildman–Crippen LogP) is 3.63. The number of rotatable bonds is 8. The summed E-state index contributed by atoms with van der Waals surface area (Å²) in [5.41, 5.74) is 1.38. The Labute approximate surface area is 171 Å². The second kappa shape index (κ2) is 9.78. The third kappa shape index (κ3) is 5.09. The van der Waals surface area contributed by atoms with Crippen LogP contribution < -0.4 is 4.74 Å². The van der Waals surface area contributed by atoms with Gasteiger partial charge in [-0.25, -0.2) is 14.4 Å². The van der Waals surface area contributed by atoms with Crippen molar-refractivity contribution in [3.63, 3.8) is 0 Å². The van der Waals surface area contributed by atoms with Gasteiger partial charge in [0.15, 0.2) is 0 Å². The van der Waals surface area contributed by atoms with Gasteiger partial charge < -0.3 is 14.5 Å². The molecule has 0 radical (unpaired) electrons. The fourth-order valence-corrected chi connectivity index (χ4v) is 3.79. The van der Waals surface area contributed by atoms with Crippen molar-refractivity contribution < 1.29 is 13.9 Å². The van der Waals surface area contributed by atoms with E-state index in [0.29, 0.717) is 17.7 Å². The van der Waals surface area contributed by atoms with Crippen molar-refractivity contribution in [2.75, 3.05) is 33.3 Å². The molecule has 1 aromatic heterocycles. The first-order valence-corrected chi connectivity index (χ1v) is 10.2. The second-order valence-electron chi connectivity index (χ2n) is 7.51. The smallest absolute Gasteiger partial charge is 0.316 e. The molecule has 2 heterocycles. The molecule has 0 bridgehead atoms. The lowest BCUT2D eigenvalue weighted by Gasteiger charge is -2.32. The van der Waals surface area contributed by atoms with Gasteiger partial charge in [-0.2, -0.15) is 0 Å². The zero-order valence-corrected chi connectivity index (χ0v) is 17.4. The monoisotopic (exact) mass is 400 g/mol. The Bertz CT molecular complexity index is 822. The van der Waals surface area contributed by atoms with E-state index in [-0.39, 0.29) is 23.5 Å². The number of carbonyl (C=O) groups is 1. The van der Waals surface area contributed by atoms with E-state index < -0.39 is 5.82 Å². The highest BCUT2D eigenvalue weighted by Gasteiger charge is 2.26. The van der Waals surface area contributed by atoms with Crippen LogP contribution in [0.2, 0.25) is 0 Å². The number of nitrogens with zero attached hydrogens (tertiary/aromatic N) is 4. The number of likely N-dealkylation sites (tertiary alicyclic amines) is 1. The summed E-state index contributed by atoms with van der Waals surface area (Å²) in [5.74, 6) is -0.786. The molecule has 2 aromatic rings. The van der Waals surface area contributed by atoms with Crippen LogP contribution in [-0.2, 0) is 0 Å². The molecule has 0 aliphatic carbocycles. The molecular formula is C22H29FN4O2. The maximum Gasteiger partial charge on any atom is 0.316 e. The van der Waals surface area contributed by atoms with Gasteiger partial charge in [0.25, 0.3) is 5.91 Å². The molecule has 1 fully saturated rings. The van der Waals surface area contributed by atoms with Crippen molar-refractivity contribution in [2.24, 2.45) is 0 Å². The summed E-state index contributed by atoms with van der Waals surface area (Å²) in [7, 11) is 1.49. The van der Waals surface area contributed by atoms with Gasteiger partial charge in [-0.05, 0) is 57.0 Å². The van der Waals surface area contributed by atoms with Crippen LogP contribution >= 0.6 is 0 Å². The van der Waals surface area contributed by atoms with Crippen molar-refractivity contribution in [1.29, 1.82) is 0 Å². The molecule has 1 amide bonds. The van der Waals surface area contributed by atoms with Crippen molar-refractivity contribution in [2.45, 2.75) is 39.2 Å². The van der Waals surface area contributed by atoms with E-state index in [1.807, 2.05) is 13.8 Å². The van der Waals surface area contributed by atoms with Crippen LogP contribution in [0.5, 0.6) is 6.01 Å². The Kier molecular flexibility index (Phi) is 7.14. The normalized spacial score (nSPS) is 15.3. The molecular weight excluding hydrogens is 371 g/mol. The van der Waals surface area contributed by atoms with Crippen molar-refractivity contribution in [1.82, 2.24) is 19.8 Å². The number of aromatic nitrogens is 2. The van der Waals surface area contributed by atoms with Crippen LogP contribution in [-0.4, -0.2) is 65.0 Å². The first-order chi connectivity index (χ1) is 14.0. The number of hydrogen-bond donors (Lipinski definition) is 0. The number of ether oxygens (including phenoxy) is 1. The lowest BCUT2D eigenvalue weighted by Crippen LogP contribution is -2.45. The van der Waals surface area contributed by atoms with E-state index in [0.717, 1.165) is 26.1 Å². The minimum absolute atomic E-state index is 0.0367. The van der Waals surface area contributed by atoms with Gasteiger partial charge in [0.05, 0.1) is 12.7 Å². The molecule has 1 aromatic carbocycles. The molecule has 0 spiro atoms. The number of halogens is 1. The molecule has 0 saturated carbocycles. The largest absolute Gasteiger partial charge is 0.467 e. The molecule has 1 aliphatic rings. The van der Waals surface area contributed by atoms with E-state index >= 15 is 0 Å². The number of methoxy groups -OCH3 is 1. The third-order valence-electron chi connectivity index (χ3n) is 5.32. The molecule has 3 rings (SSSR count). The van der Waals surface area contributed by atoms with Crippen LogP contribution in [0.4, 0.5) is 4.39 Å². The SMILES string of the molecule is CCCN(C(=O)c1ccc(-c2cnc(OC)nc2)cc1F)C(C)CN1CCCC1. The molecule has 1 unspecified atom stereocenters. The van der Waals surface area contributed by atoms with Crippen LogP contribution in [0, 0.1) is 5.82 Å². The average Bonchev–Trinajstić information content (AvgIpc) is 3.24. The van der Waals surface area contributed by atoms with E-state index in [1.165, 1.54) is 26.0 Å². The standard InChI is InChI=1S/C22H29FN4O2/c1-4-9-27(16(2)15-26-10-5-6-11-26)21(28)19-8-7-17(12-20(19)23)18-13-24-22(29-3)25-14-18/h7-8,12-14,16H,4-6,9-11,15H2,1-3H3. The lowest BCUT2D eigenvalue weighted by atomic mass is 10.0. The molecule has 1 saturated heterocycles. The van der Waals surface area contributed by atoms with Gasteiger partial charge in [-0.3, -0.25) is 4.79 Å². The summed E-state index contributed by atoms with van der Waals surface area (Å²) in [5, 5.41) is 0. The highest BCUT2D eigenvalue weighted by Crippen LogP contribution is 2.23. The van der Waals surface area contributed by atoms with Gasteiger partial charge in [0, 0.05) is 37.1 Å². The zero-order valence-electron chi connectivity index (χ0n) is 17.4. The zero-order chi connectivity index (χ0) is 20.8. The topological polar surface area (TPSA) is 58.6 Å². The Balaban J connectivity index is 1.78. The third-order valence-corrected chi connectivity index (χ3v) is 5.32. The fourth-order valence-electron chi connectivity index (χ4n) is 3.79. The van der Waals surface area contributed by atoms with Crippen molar-refractivity contribution in [3.8, 4) is 17.1 Å². The van der Waals surface area contributed by atoms with E-state index in [4.69, 9.17) is 4.74 Å². The van der Waals surface area contributed by atoms with E-state index in [1.54, 1.807) is 29.4 Å². The molecule has 7 heteroatoms. The van der Waals surface area contributed by atoms with Crippen molar-refractivity contribution >= 4 is 5.91 Å². The molecule has 6 nitrogen and oxygen atoms in total. The highest BCUT2D eigenvalue weighted by atomic mass is 19.1. The Morgan fingerprint density at radius 1 is 1.24 bits per heavy atom. The summed E-state index contributed by atoms with van der Waals surface area (Å²) < 4.78 is 19.8. The summed E-state index contributed by atoms with van der Waals surface area (Å²) in [6.45, 7) is 7.67. The van der Waals surface area contributed by atoms with Gasteiger partial charge in [0.2, 0.25) is 0 Å². The second-order valence-corrected chi connectivity index (χ2v) is 7.51. The number of hydrogen-bond acceptors (Lipinski definition) is 5. The van der Waals surface area contributed by atoms with Gasteiger partial charge in [-0.15, -0.1) is 0 Å². The first kappa shape index (κ1) is 21.2. The number of amides is 1. The summed E-state index contributed by atoms with van der Waals surface area (Å²) >= 11 is 0. The number of carbonyl (C=O) groups excluding carboxylic acids is 1. The van der Waals surface area contributed by atoms with Crippen LogP contribution in [0.15, 0.2) is 30.6 Å². The van der Waals surface area contributed by atoms with Gasteiger partial charge >= 0.3 is 6.01 Å². The van der Waals surface area contributed by atoms with Crippen LogP contribution in [0.25, 0.3) is 11.1 Å². The maximum atomic E-state index is 14.9. The minimum atomic E-state index is -0.530. The molecule has 1 aliphatic heterocycles. The molecule has 1 atom stereocenters. The fraction of sp³-hybridized carbons (Fsp3) is 0.500. The average molecular weight is 400 g/mol. The summed E-state index contributed by atoms with van der Waals surface area (Å²) in [4.78, 5) is 25.4.